The van der Waals surface area contributed by atoms with Crippen molar-refractivity contribution < 1.29 is 17.9 Å². The van der Waals surface area contributed by atoms with E-state index < -0.39 is 15.9 Å². The molecule has 1 aromatic carbocycles. The number of para-hydroxylation sites is 1. The molecule has 40 heavy (non-hydrogen) atoms. The van der Waals surface area contributed by atoms with E-state index in [1.165, 1.54) is 6.42 Å². The van der Waals surface area contributed by atoms with Crippen molar-refractivity contribution in [1.29, 1.82) is 0 Å². The topological polar surface area (TPSA) is 101 Å². The van der Waals surface area contributed by atoms with Gasteiger partial charge in [0.2, 0.25) is 10.0 Å². The highest BCUT2D eigenvalue weighted by atomic mass is 32.2. The largest absolute Gasteiger partial charge is 0.379 e. The average Bonchev–Trinajstić information content (AvgIpc) is 3.52. The van der Waals surface area contributed by atoms with Crippen LogP contribution in [0, 0.1) is 0 Å². The summed E-state index contributed by atoms with van der Waals surface area (Å²) in [5.41, 5.74) is 3.66. The molecule has 7 rings (SSSR count). The van der Waals surface area contributed by atoms with Gasteiger partial charge in [0.1, 0.15) is 5.69 Å². The summed E-state index contributed by atoms with van der Waals surface area (Å²) >= 11 is 0. The zero-order chi connectivity index (χ0) is 27.3. The molecule has 3 aliphatic heterocycles. The first-order valence-electron chi connectivity index (χ1n) is 14.6. The van der Waals surface area contributed by atoms with Gasteiger partial charge in [0, 0.05) is 44.7 Å². The number of carbonyl (C=O) groups excluding carboxylic acids is 1. The number of hydrogen-bond donors (Lipinski definition) is 0. The van der Waals surface area contributed by atoms with Crippen LogP contribution >= 0.6 is 0 Å². The Bertz CT molecular complexity index is 1510. The van der Waals surface area contributed by atoms with Gasteiger partial charge in [0.15, 0.2) is 5.65 Å². The van der Waals surface area contributed by atoms with Crippen LogP contribution in [0.3, 0.4) is 0 Å². The number of ether oxygens (including phenoxy) is 1. The maximum Gasteiger partial charge on any atom is 0.286 e. The average molecular weight is 565 g/mol. The van der Waals surface area contributed by atoms with Gasteiger partial charge in [-0.15, -0.1) is 0 Å². The summed E-state index contributed by atoms with van der Waals surface area (Å²) in [6.07, 6.45) is 5.87. The number of pyridine rings is 1. The second-order valence-corrected chi connectivity index (χ2v) is 13.4. The molecule has 4 aliphatic rings. The molecule has 3 aromatic rings. The Balaban J connectivity index is 1.33. The fourth-order valence-electron chi connectivity index (χ4n) is 6.61. The molecule has 212 valence electrons. The van der Waals surface area contributed by atoms with Gasteiger partial charge in [-0.05, 0) is 50.3 Å². The van der Waals surface area contributed by atoms with E-state index in [9.17, 15) is 13.2 Å². The number of rotatable bonds is 5. The van der Waals surface area contributed by atoms with E-state index in [0.717, 1.165) is 91.8 Å². The summed E-state index contributed by atoms with van der Waals surface area (Å²) < 4.78 is 33.8. The van der Waals surface area contributed by atoms with E-state index in [1.54, 1.807) is 0 Å². The Morgan fingerprint density at radius 2 is 1.68 bits per heavy atom. The first-order valence-corrected chi connectivity index (χ1v) is 16.2. The smallest absolute Gasteiger partial charge is 0.286 e. The molecule has 5 heterocycles. The molecule has 4 fully saturated rings. The monoisotopic (exact) mass is 564 g/mol. The second kappa shape index (κ2) is 10.4. The molecule has 0 radical (unpaired) electrons. The van der Waals surface area contributed by atoms with Crippen LogP contribution in [0.4, 0.5) is 5.69 Å². The molecule has 3 saturated heterocycles. The van der Waals surface area contributed by atoms with E-state index >= 15 is 0 Å². The predicted octanol–water partition coefficient (Wildman–Crippen LogP) is 3.16. The molecule has 0 N–H and O–H groups in total. The summed E-state index contributed by atoms with van der Waals surface area (Å²) in [5, 5.41) is 6.11. The Labute approximate surface area is 234 Å². The van der Waals surface area contributed by atoms with Gasteiger partial charge in [0.25, 0.3) is 5.91 Å². The maximum atomic E-state index is 13.7. The van der Waals surface area contributed by atoms with Crippen LogP contribution in [-0.4, -0.2) is 96.0 Å². The fraction of sp³-hybridized carbons (Fsp3) is 0.552. The van der Waals surface area contributed by atoms with Gasteiger partial charge in [-0.25, -0.2) is 22.4 Å². The van der Waals surface area contributed by atoms with Crippen molar-refractivity contribution in [2.45, 2.75) is 50.5 Å². The molecule has 0 bridgehead atoms. The normalized spacial score (nSPS) is 22.6. The standard InChI is InChI=1S/C29H36N6O4S/c36-29(34-12-5-19-40(34,37)38)24-20-25(33-13-10-22(11-14-33)32-15-17-39-18-16-32)26-27(21-6-4-7-21)31-35(28(26)30-24)23-8-2-1-3-9-23/h1-3,8-9,20-22H,4-7,10-19H2. The lowest BCUT2D eigenvalue weighted by atomic mass is 9.82. The van der Waals surface area contributed by atoms with Crippen molar-refractivity contribution in [2.24, 2.45) is 0 Å². The lowest BCUT2D eigenvalue weighted by molar-refractivity contribution is 0.0115. The first-order chi connectivity index (χ1) is 19.5. The van der Waals surface area contributed by atoms with Crippen molar-refractivity contribution in [3.05, 3.63) is 47.8 Å². The van der Waals surface area contributed by atoms with Gasteiger partial charge in [-0.1, -0.05) is 24.6 Å². The van der Waals surface area contributed by atoms with E-state index in [2.05, 4.69) is 9.80 Å². The van der Waals surface area contributed by atoms with Gasteiger partial charge >= 0.3 is 0 Å². The van der Waals surface area contributed by atoms with Gasteiger partial charge in [-0.2, -0.15) is 5.10 Å². The summed E-state index contributed by atoms with van der Waals surface area (Å²) in [5.74, 6) is -0.189. The SMILES string of the molecule is O=C(c1cc(N2CCC(N3CCOCC3)CC2)c2c(C3CCC3)nn(-c3ccccc3)c2n1)N1CCCS1(=O)=O. The van der Waals surface area contributed by atoms with Crippen LogP contribution < -0.4 is 4.90 Å². The van der Waals surface area contributed by atoms with E-state index in [0.29, 0.717) is 24.0 Å². The molecule has 1 amide bonds. The Kier molecular flexibility index (Phi) is 6.76. The molecular weight excluding hydrogens is 528 g/mol. The first kappa shape index (κ1) is 25.9. The Hall–Kier alpha value is -3.02. The molecule has 2 aromatic heterocycles. The summed E-state index contributed by atoms with van der Waals surface area (Å²) in [7, 11) is -3.62. The van der Waals surface area contributed by atoms with Crippen LogP contribution in [0.5, 0.6) is 0 Å². The second-order valence-electron chi connectivity index (χ2n) is 11.4. The number of aromatic nitrogens is 3. The van der Waals surface area contributed by atoms with Gasteiger partial charge in [-0.3, -0.25) is 9.69 Å². The maximum absolute atomic E-state index is 13.7. The number of morpholine rings is 1. The minimum Gasteiger partial charge on any atom is -0.379 e. The number of amides is 1. The minimum absolute atomic E-state index is 0.00330. The highest BCUT2D eigenvalue weighted by Gasteiger charge is 2.37. The van der Waals surface area contributed by atoms with Crippen molar-refractivity contribution in [1.82, 2.24) is 24.0 Å². The molecule has 0 spiro atoms. The van der Waals surface area contributed by atoms with Crippen molar-refractivity contribution in [2.75, 3.05) is 56.6 Å². The quantitative estimate of drug-likeness (QED) is 0.466. The third-order valence-corrected chi connectivity index (χ3v) is 10.9. The number of nitrogens with zero attached hydrogens (tertiary/aromatic N) is 6. The van der Waals surface area contributed by atoms with E-state index in [1.807, 2.05) is 41.1 Å². The molecule has 1 aliphatic carbocycles. The number of benzene rings is 1. The summed E-state index contributed by atoms with van der Waals surface area (Å²) in [6.45, 7) is 5.45. The lowest BCUT2D eigenvalue weighted by Crippen LogP contribution is -2.49. The van der Waals surface area contributed by atoms with Gasteiger partial charge < -0.3 is 9.64 Å². The highest BCUT2D eigenvalue weighted by Crippen LogP contribution is 2.43. The number of carbonyl (C=O) groups is 1. The number of piperidine rings is 1. The molecule has 1 saturated carbocycles. The number of hydrogen-bond acceptors (Lipinski definition) is 8. The van der Waals surface area contributed by atoms with Crippen LogP contribution in [0.25, 0.3) is 16.7 Å². The van der Waals surface area contributed by atoms with Crippen molar-refractivity contribution >= 4 is 32.7 Å². The molecular formula is C29H36N6O4S. The summed E-state index contributed by atoms with van der Waals surface area (Å²) in [6, 6.07) is 12.2. The zero-order valence-electron chi connectivity index (χ0n) is 22.7. The van der Waals surface area contributed by atoms with Crippen LogP contribution in [0.2, 0.25) is 0 Å². The molecule has 0 unspecified atom stereocenters. The number of sulfonamides is 1. The minimum atomic E-state index is -3.62. The third kappa shape index (κ3) is 4.57. The Morgan fingerprint density at radius 1 is 0.925 bits per heavy atom. The Morgan fingerprint density at radius 3 is 2.33 bits per heavy atom. The summed E-state index contributed by atoms with van der Waals surface area (Å²) in [4.78, 5) is 23.5. The fourth-order valence-corrected chi connectivity index (χ4v) is 8.08. The highest BCUT2D eigenvalue weighted by molar-refractivity contribution is 7.89. The van der Waals surface area contributed by atoms with Crippen LogP contribution in [0.1, 0.15) is 60.6 Å². The van der Waals surface area contributed by atoms with E-state index in [4.69, 9.17) is 14.8 Å². The van der Waals surface area contributed by atoms with Gasteiger partial charge in [0.05, 0.1) is 41.4 Å². The van der Waals surface area contributed by atoms with Crippen LogP contribution in [0.15, 0.2) is 36.4 Å². The third-order valence-electron chi connectivity index (χ3n) is 9.05. The zero-order valence-corrected chi connectivity index (χ0v) is 23.6. The molecule has 11 heteroatoms. The molecule has 10 nitrogen and oxygen atoms in total. The van der Waals surface area contributed by atoms with Crippen molar-refractivity contribution in [3.63, 3.8) is 0 Å². The van der Waals surface area contributed by atoms with E-state index in [-0.39, 0.29) is 18.0 Å². The number of anilines is 1. The number of fused-ring (bicyclic) bond motifs is 1. The predicted molar refractivity (Wildman–Crippen MR) is 153 cm³/mol. The van der Waals surface area contributed by atoms with Crippen molar-refractivity contribution in [3.8, 4) is 5.69 Å². The lowest BCUT2D eigenvalue weighted by Gasteiger charge is -2.41. The van der Waals surface area contributed by atoms with Crippen LogP contribution in [-0.2, 0) is 14.8 Å². The molecule has 0 atom stereocenters.